The minimum atomic E-state index is -0.613. The molecule has 4 aromatic rings. The molecule has 0 unspecified atom stereocenters. The van der Waals surface area contributed by atoms with Crippen molar-refractivity contribution in [2.24, 2.45) is 0 Å². The van der Waals surface area contributed by atoms with Gasteiger partial charge in [0.15, 0.2) is 0 Å². The average molecular weight is 398 g/mol. The van der Waals surface area contributed by atoms with Gasteiger partial charge in [0, 0.05) is 46.6 Å². The Bertz CT molecular complexity index is 1030. The Morgan fingerprint density at radius 1 is 1.07 bits per heavy atom. The number of para-hydroxylation sites is 1. The van der Waals surface area contributed by atoms with Gasteiger partial charge in [0.2, 0.25) is 0 Å². The van der Waals surface area contributed by atoms with Crippen molar-refractivity contribution >= 4 is 34.9 Å². The van der Waals surface area contributed by atoms with Gasteiger partial charge in [-0.1, -0.05) is 12.1 Å². The number of nitrogens with one attached hydrogen (secondary N) is 3. The third kappa shape index (κ3) is 4.88. The summed E-state index contributed by atoms with van der Waals surface area (Å²) in [6.45, 7) is 0.759. The highest BCUT2D eigenvalue weighted by atomic mass is 32.1. The third-order valence-electron chi connectivity index (χ3n) is 4.01. The maximum Gasteiger partial charge on any atom is 0.149 e. The number of halogens is 2. The van der Waals surface area contributed by atoms with E-state index in [-0.39, 0.29) is 5.69 Å². The Morgan fingerprint density at radius 2 is 1.86 bits per heavy atom. The molecule has 0 saturated heterocycles. The van der Waals surface area contributed by atoms with Crippen LogP contribution in [0.25, 0.3) is 10.9 Å². The van der Waals surface area contributed by atoms with Crippen molar-refractivity contribution in [3.05, 3.63) is 84.3 Å². The molecule has 0 bridgehead atoms. The van der Waals surface area contributed by atoms with Crippen molar-refractivity contribution in [1.82, 2.24) is 15.3 Å². The summed E-state index contributed by atoms with van der Waals surface area (Å²) in [5.74, 6) is -1.23. The van der Waals surface area contributed by atoms with E-state index in [2.05, 4.69) is 33.2 Å². The van der Waals surface area contributed by atoms with Crippen molar-refractivity contribution in [3.63, 3.8) is 0 Å². The molecule has 0 aliphatic carbocycles. The molecule has 0 spiro atoms. The van der Waals surface area contributed by atoms with E-state index in [4.69, 9.17) is 0 Å². The molecule has 144 valence electrons. The Balaban J connectivity index is 0.000000271. The van der Waals surface area contributed by atoms with Gasteiger partial charge < -0.3 is 15.6 Å². The van der Waals surface area contributed by atoms with Crippen molar-refractivity contribution in [3.8, 4) is 0 Å². The van der Waals surface area contributed by atoms with Crippen LogP contribution in [0.5, 0.6) is 0 Å². The number of nitrogens with zero attached hydrogens (tertiary/aromatic N) is 1. The molecule has 0 amide bonds. The standard InChI is InChI=1S/C16H15F2N3.C5H5NS/c1-19-8-10-9-20-15-7-11(5-6-12(10)15)21-16-13(17)3-2-4-14(16)18;7-5-2-1-3-6-4-5/h2-7,9,19-21H,8H2,1H3;1-4,7H. The minimum absolute atomic E-state index is 0.140. The van der Waals surface area contributed by atoms with E-state index in [0.29, 0.717) is 5.69 Å². The number of H-pyrrole nitrogens is 1. The van der Waals surface area contributed by atoms with Crippen molar-refractivity contribution in [2.75, 3.05) is 12.4 Å². The molecule has 2 aromatic heterocycles. The van der Waals surface area contributed by atoms with E-state index in [1.165, 1.54) is 18.2 Å². The third-order valence-corrected chi connectivity index (χ3v) is 4.28. The van der Waals surface area contributed by atoms with Gasteiger partial charge in [0.25, 0.3) is 0 Å². The first-order valence-corrected chi connectivity index (χ1v) is 9.08. The van der Waals surface area contributed by atoms with Crippen LogP contribution in [-0.2, 0) is 6.54 Å². The SMILES string of the molecule is CNCc1c[nH]c2cc(Nc3c(F)cccc3F)ccc12.Sc1cccnc1. The number of rotatable bonds is 4. The molecule has 0 fully saturated rings. The van der Waals surface area contributed by atoms with Crippen LogP contribution in [0.1, 0.15) is 5.56 Å². The van der Waals surface area contributed by atoms with Crippen LogP contribution in [0.4, 0.5) is 20.2 Å². The lowest BCUT2D eigenvalue weighted by molar-refractivity contribution is 0.591. The monoisotopic (exact) mass is 398 g/mol. The molecule has 0 aliphatic rings. The molecular weight excluding hydrogens is 378 g/mol. The molecule has 0 atom stereocenters. The number of fused-ring (bicyclic) bond motifs is 1. The maximum atomic E-state index is 13.6. The second-order valence-corrected chi connectivity index (χ2v) is 6.55. The van der Waals surface area contributed by atoms with E-state index in [0.717, 1.165) is 27.9 Å². The number of anilines is 2. The van der Waals surface area contributed by atoms with Gasteiger partial charge in [0.1, 0.15) is 17.3 Å². The first-order valence-electron chi connectivity index (χ1n) is 8.63. The highest BCUT2D eigenvalue weighted by molar-refractivity contribution is 7.80. The zero-order chi connectivity index (χ0) is 19.9. The number of aromatic amines is 1. The van der Waals surface area contributed by atoms with Gasteiger partial charge in [-0.25, -0.2) is 8.78 Å². The smallest absolute Gasteiger partial charge is 0.149 e. The second kappa shape index (κ2) is 9.34. The van der Waals surface area contributed by atoms with Crippen LogP contribution in [0.3, 0.4) is 0 Å². The second-order valence-electron chi connectivity index (χ2n) is 6.04. The highest BCUT2D eigenvalue weighted by Gasteiger charge is 2.09. The molecule has 0 radical (unpaired) electrons. The number of hydrogen-bond donors (Lipinski definition) is 4. The van der Waals surface area contributed by atoms with Crippen LogP contribution < -0.4 is 10.6 Å². The summed E-state index contributed by atoms with van der Waals surface area (Å²) in [7, 11) is 1.88. The quantitative estimate of drug-likeness (QED) is 0.354. The van der Waals surface area contributed by atoms with Gasteiger partial charge in [-0.3, -0.25) is 4.98 Å². The van der Waals surface area contributed by atoms with E-state index >= 15 is 0 Å². The summed E-state index contributed by atoms with van der Waals surface area (Å²) in [6, 6.07) is 13.1. The Morgan fingerprint density at radius 3 is 2.46 bits per heavy atom. The number of aromatic nitrogens is 2. The molecule has 4 rings (SSSR count). The fourth-order valence-corrected chi connectivity index (χ4v) is 2.87. The molecule has 7 heteroatoms. The molecule has 2 aromatic carbocycles. The lowest BCUT2D eigenvalue weighted by atomic mass is 10.1. The van der Waals surface area contributed by atoms with Gasteiger partial charge in [-0.2, -0.15) is 0 Å². The van der Waals surface area contributed by atoms with Crippen molar-refractivity contribution in [2.45, 2.75) is 11.4 Å². The molecule has 4 nitrogen and oxygen atoms in total. The fraction of sp³-hybridized carbons (Fsp3) is 0.0952. The van der Waals surface area contributed by atoms with Crippen molar-refractivity contribution < 1.29 is 8.78 Å². The van der Waals surface area contributed by atoms with Crippen LogP contribution in [-0.4, -0.2) is 17.0 Å². The Labute approximate surface area is 167 Å². The lowest BCUT2D eigenvalue weighted by Crippen LogP contribution is -2.04. The zero-order valence-corrected chi connectivity index (χ0v) is 16.1. The molecule has 0 aliphatic heterocycles. The first kappa shape index (κ1) is 19.9. The average Bonchev–Trinajstić information content (AvgIpc) is 3.09. The lowest BCUT2D eigenvalue weighted by Gasteiger charge is -2.09. The topological polar surface area (TPSA) is 52.7 Å². The van der Waals surface area contributed by atoms with Gasteiger partial charge >= 0.3 is 0 Å². The summed E-state index contributed by atoms with van der Waals surface area (Å²) in [5, 5.41) is 6.97. The normalized spacial score (nSPS) is 10.4. The summed E-state index contributed by atoms with van der Waals surface area (Å²) < 4.78 is 27.3. The minimum Gasteiger partial charge on any atom is -0.361 e. The van der Waals surface area contributed by atoms with Gasteiger partial charge in [-0.15, -0.1) is 12.6 Å². The summed E-state index contributed by atoms with van der Waals surface area (Å²) >= 11 is 4.02. The first-order chi connectivity index (χ1) is 13.6. The Hall–Kier alpha value is -2.90. The van der Waals surface area contributed by atoms with Crippen LogP contribution in [0, 0.1) is 11.6 Å². The summed E-state index contributed by atoms with van der Waals surface area (Å²) in [6.07, 6.45) is 5.34. The highest BCUT2D eigenvalue weighted by Crippen LogP contribution is 2.27. The Kier molecular flexibility index (Phi) is 6.62. The molecular formula is C21H20F2N4S. The van der Waals surface area contributed by atoms with Crippen LogP contribution in [0.2, 0.25) is 0 Å². The molecule has 0 saturated carbocycles. The van der Waals surface area contributed by atoms with E-state index in [9.17, 15) is 8.78 Å². The molecule has 3 N–H and O–H groups in total. The fourth-order valence-electron chi connectivity index (χ4n) is 2.72. The number of thiol groups is 1. The number of pyridine rings is 1. The molecule has 2 heterocycles. The van der Waals surface area contributed by atoms with E-state index < -0.39 is 11.6 Å². The predicted octanol–water partition coefficient (Wildman–Crippen LogP) is 5.28. The maximum absolute atomic E-state index is 13.6. The van der Waals surface area contributed by atoms with Gasteiger partial charge in [0.05, 0.1) is 0 Å². The predicted molar refractivity (Wildman–Crippen MR) is 112 cm³/mol. The van der Waals surface area contributed by atoms with Crippen molar-refractivity contribution in [1.29, 1.82) is 0 Å². The molecule has 28 heavy (non-hydrogen) atoms. The number of hydrogen-bond acceptors (Lipinski definition) is 4. The van der Waals surface area contributed by atoms with E-state index in [1.54, 1.807) is 18.5 Å². The van der Waals surface area contributed by atoms with E-state index in [1.807, 2.05) is 37.5 Å². The van der Waals surface area contributed by atoms with Crippen LogP contribution >= 0.6 is 12.6 Å². The zero-order valence-electron chi connectivity index (χ0n) is 15.2. The summed E-state index contributed by atoms with van der Waals surface area (Å²) in [5.41, 5.74) is 2.56. The largest absolute Gasteiger partial charge is 0.361 e. The number of benzene rings is 2. The summed E-state index contributed by atoms with van der Waals surface area (Å²) in [4.78, 5) is 7.87. The van der Waals surface area contributed by atoms with Crippen LogP contribution in [0.15, 0.2) is 72.0 Å². The van der Waals surface area contributed by atoms with Gasteiger partial charge in [-0.05, 0) is 49.0 Å².